The van der Waals surface area contributed by atoms with Crippen molar-refractivity contribution in [3.05, 3.63) is 107 Å². The number of rotatable bonds is 16. The predicted molar refractivity (Wildman–Crippen MR) is 188 cm³/mol. The van der Waals surface area contributed by atoms with Crippen LogP contribution in [-0.4, -0.2) is 72.7 Å². The maximum absolute atomic E-state index is 14.7. The summed E-state index contributed by atoms with van der Waals surface area (Å²) < 4.78 is 51.8. The molecule has 0 saturated carbocycles. The molecule has 0 aliphatic rings. The first-order valence-corrected chi connectivity index (χ1v) is 17.2. The Morgan fingerprint density at radius 3 is 2.08 bits per heavy atom. The average molecular weight is 710 g/mol. The molecule has 0 spiro atoms. The maximum atomic E-state index is 14.7. The Morgan fingerprint density at radius 2 is 1.45 bits per heavy atom. The number of methoxy groups -OCH3 is 4. The molecule has 0 fully saturated rings. The van der Waals surface area contributed by atoms with E-state index >= 15 is 0 Å². The highest BCUT2D eigenvalue weighted by molar-refractivity contribution is 7.92. The summed E-state index contributed by atoms with van der Waals surface area (Å²) in [6.45, 7) is 1.37. The van der Waals surface area contributed by atoms with Crippen LogP contribution in [0.15, 0.2) is 95.9 Å². The Balaban J connectivity index is 1.89. The number of ether oxygens (including phenoxy) is 4. The average Bonchev–Trinajstić information content (AvgIpc) is 3.11. The van der Waals surface area contributed by atoms with Gasteiger partial charge in [0.2, 0.25) is 11.8 Å². The van der Waals surface area contributed by atoms with Crippen LogP contribution >= 0.6 is 11.6 Å². The predicted octanol–water partition coefficient (Wildman–Crippen LogP) is 5.35. The zero-order chi connectivity index (χ0) is 35.6. The molecule has 1 atom stereocenters. The second-order valence-corrected chi connectivity index (χ2v) is 13.1. The van der Waals surface area contributed by atoms with Gasteiger partial charge in [0.15, 0.2) is 11.5 Å². The number of hydrogen-bond acceptors (Lipinski definition) is 8. The summed E-state index contributed by atoms with van der Waals surface area (Å²) in [5.74, 6) is -0.0499. The molecule has 0 aromatic heterocycles. The third kappa shape index (κ3) is 8.95. The summed E-state index contributed by atoms with van der Waals surface area (Å²) in [6, 6.07) is 24.0. The van der Waals surface area contributed by atoms with Crippen molar-refractivity contribution >= 4 is 39.1 Å². The van der Waals surface area contributed by atoms with Crippen LogP contribution < -0.4 is 28.6 Å². The number of benzene rings is 4. The summed E-state index contributed by atoms with van der Waals surface area (Å²) in [6.07, 6.45) is 0.171. The van der Waals surface area contributed by atoms with Crippen LogP contribution in [0.2, 0.25) is 5.02 Å². The summed E-state index contributed by atoms with van der Waals surface area (Å²) >= 11 is 6.31. The summed E-state index contributed by atoms with van der Waals surface area (Å²) in [5, 5.41) is 3.29. The first kappa shape index (κ1) is 36.9. The van der Waals surface area contributed by atoms with E-state index in [-0.39, 0.29) is 35.0 Å². The first-order valence-electron chi connectivity index (χ1n) is 15.4. The topological polar surface area (TPSA) is 124 Å². The number of sulfonamides is 1. The molecule has 0 aliphatic carbocycles. The number of amides is 2. The van der Waals surface area contributed by atoms with Gasteiger partial charge in [-0.05, 0) is 54.4 Å². The molecule has 0 aliphatic heterocycles. The first-order chi connectivity index (χ1) is 23.6. The molecule has 49 heavy (non-hydrogen) atoms. The Kier molecular flexibility index (Phi) is 12.8. The molecule has 0 bridgehead atoms. The molecule has 0 unspecified atom stereocenters. The van der Waals surface area contributed by atoms with Crippen molar-refractivity contribution in [2.75, 3.05) is 45.8 Å². The SMILES string of the molecule is CCNC(=O)[C@H](Cc1ccccc1)N(Cc1cccc(Cl)c1)C(=O)CN(c1cc(OC)ccc1OC)S(=O)(=O)c1ccc(OC)c(OC)c1. The van der Waals surface area contributed by atoms with Gasteiger partial charge in [-0.1, -0.05) is 54.1 Å². The van der Waals surface area contributed by atoms with E-state index in [0.717, 1.165) is 9.87 Å². The number of carbonyl (C=O) groups is 2. The Bertz CT molecular complexity index is 1860. The number of anilines is 1. The van der Waals surface area contributed by atoms with Crippen molar-refractivity contribution in [1.82, 2.24) is 10.2 Å². The highest BCUT2D eigenvalue weighted by Gasteiger charge is 2.36. The van der Waals surface area contributed by atoms with Crippen molar-refractivity contribution in [2.24, 2.45) is 0 Å². The molecule has 4 rings (SSSR count). The van der Waals surface area contributed by atoms with Gasteiger partial charge in [-0.3, -0.25) is 13.9 Å². The van der Waals surface area contributed by atoms with Crippen LogP contribution in [-0.2, 0) is 32.6 Å². The van der Waals surface area contributed by atoms with Crippen LogP contribution in [0.25, 0.3) is 0 Å². The molecule has 13 heteroatoms. The minimum Gasteiger partial charge on any atom is -0.497 e. The Hall–Kier alpha value is -4.94. The number of carbonyl (C=O) groups excluding carboxylic acids is 2. The Labute approximate surface area is 292 Å². The lowest BCUT2D eigenvalue weighted by molar-refractivity contribution is -0.140. The van der Waals surface area contributed by atoms with E-state index in [1.54, 1.807) is 43.3 Å². The third-order valence-corrected chi connectivity index (χ3v) is 9.73. The van der Waals surface area contributed by atoms with Gasteiger partial charge in [-0.2, -0.15) is 0 Å². The zero-order valence-electron chi connectivity index (χ0n) is 28.0. The lowest BCUT2D eigenvalue weighted by Crippen LogP contribution is -2.53. The molecule has 260 valence electrons. The summed E-state index contributed by atoms with van der Waals surface area (Å²) in [7, 11) is 1.16. The van der Waals surface area contributed by atoms with Crippen LogP contribution in [0.5, 0.6) is 23.0 Å². The summed E-state index contributed by atoms with van der Waals surface area (Å²) in [4.78, 5) is 29.6. The van der Waals surface area contributed by atoms with Gasteiger partial charge in [0, 0.05) is 36.7 Å². The van der Waals surface area contributed by atoms with Crippen LogP contribution in [0.4, 0.5) is 5.69 Å². The molecule has 1 N–H and O–H groups in total. The molecule has 2 amide bonds. The Morgan fingerprint density at radius 1 is 0.776 bits per heavy atom. The third-order valence-electron chi connectivity index (χ3n) is 7.74. The number of hydrogen-bond donors (Lipinski definition) is 1. The fourth-order valence-corrected chi connectivity index (χ4v) is 6.93. The molecule has 0 heterocycles. The molecule has 11 nitrogen and oxygen atoms in total. The number of likely N-dealkylation sites (N-methyl/N-ethyl adjacent to an activating group) is 1. The molecule has 4 aromatic rings. The minimum absolute atomic E-state index is 0.0342. The smallest absolute Gasteiger partial charge is 0.265 e. The largest absolute Gasteiger partial charge is 0.497 e. The number of nitrogens with zero attached hydrogens (tertiary/aromatic N) is 2. The van der Waals surface area contributed by atoms with Gasteiger partial charge in [-0.25, -0.2) is 8.42 Å². The number of halogens is 1. The van der Waals surface area contributed by atoms with Crippen molar-refractivity contribution < 1.29 is 37.0 Å². The normalized spacial score (nSPS) is 11.6. The van der Waals surface area contributed by atoms with E-state index in [9.17, 15) is 18.0 Å². The zero-order valence-corrected chi connectivity index (χ0v) is 29.6. The van der Waals surface area contributed by atoms with E-state index in [1.807, 2.05) is 30.3 Å². The summed E-state index contributed by atoms with van der Waals surface area (Å²) in [5.41, 5.74) is 1.51. The highest BCUT2D eigenvalue weighted by Crippen LogP contribution is 2.38. The lowest BCUT2D eigenvalue weighted by Gasteiger charge is -2.34. The molecule has 0 radical (unpaired) electrons. The van der Waals surface area contributed by atoms with E-state index in [2.05, 4.69) is 5.32 Å². The van der Waals surface area contributed by atoms with E-state index in [4.69, 9.17) is 30.5 Å². The van der Waals surface area contributed by atoms with E-state index in [1.165, 1.54) is 57.6 Å². The molecular weight excluding hydrogens is 670 g/mol. The quantitative estimate of drug-likeness (QED) is 0.165. The van der Waals surface area contributed by atoms with Gasteiger partial charge in [0.25, 0.3) is 10.0 Å². The van der Waals surface area contributed by atoms with E-state index < -0.39 is 34.4 Å². The second kappa shape index (κ2) is 16.9. The monoisotopic (exact) mass is 709 g/mol. The minimum atomic E-state index is -4.50. The fourth-order valence-electron chi connectivity index (χ4n) is 5.29. The number of nitrogens with one attached hydrogen (secondary N) is 1. The maximum Gasteiger partial charge on any atom is 0.265 e. The van der Waals surface area contributed by atoms with Gasteiger partial charge in [0.1, 0.15) is 24.1 Å². The molecular formula is C36H40ClN3O8S. The molecule has 4 aromatic carbocycles. The van der Waals surface area contributed by atoms with Crippen molar-refractivity contribution in [2.45, 2.75) is 30.8 Å². The van der Waals surface area contributed by atoms with Crippen LogP contribution in [0.1, 0.15) is 18.1 Å². The van der Waals surface area contributed by atoms with Crippen molar-refractivity contribution in [3.8, 4) is 23.0 Å². The van der Waals surface area contributed by atoms with Gasteiger partial charge >= 0.3 is 0 Å². The van der Waals surface area contributed by atoms with Gasteiger partial charge in [-0.15, -0.1) is 0 Å². The standard InChI is InChI=1S/C36H40ClN3O8S/c1-6-38-36(42)31(20-25-11-8-7-9-12-25)39(23-26-13-10-14-27(37)19-26)35(41)24-40(30-21-28(45-2)15-17-32(30)46-3)49(43,44)29-16-18-33(47-4)34(22-29)48-5/h7-19,21-22,31H,6,20,23-24H2,1-5H3,(H,38,42)/t31-/m0/s1. The second-order valence-electron chi connectivity index (χ2n) is 10.8. The molecule has 0 saturated heterocycles. The van der Waals surface area contributed by atoms with Crippen LogP contribution in [0.3, 0.4) is 0 Å². The van der Waals surface area contributed by atoms with Gasteiger partial charge < -0.3 is 29.2 Å². The van der Waals surface area contributed by atoms with E-state index in [0.29, 0.717) is 28.6 Å². The lowest BCUT2D eigenvalue weighted by atomic mass is 10.0. The van der Waals surface area contributed by atoms with Crippen molar-refractivity contribution in [1.29, 1.82) is 0 Å². The fraction of sp³-hybridized carbons (Fsp3) is 0.278. The van der Waals surface area contributed by atoms with Crippen molar-refractivity contribution in [3.63, 3.8) is 0 Å². The highest BCUT2D eigenvalue weighted by atomic mass is 35.5. The van der Waals surface area contributed by atoms with Gasteiger partial charge in [0.05, 0.1) is 39.0 Å². The van der Waals surface area contributed by atoms with Crippen LogP contribution in [0, 0.1) is 0 Å².